The highest BCUT2D eigenvalue weighted by molar-refractivity contribution is 5.79. The zero-order valence-electron chi connectivity index (χ0n) is 10.8. The lowest BCUT2D eigenvalue weighted by atomic mass is 10.1. The molecule has 3 rings (SSSR count). The summed E-state index contributed by atoms with van der Waals surface area (Å²) < 4.78 is 2.15. The third kappa shape index (κ3) is 1.86. The maximum absolute atomic E-state index is 9.88. The Hall–Kier alpha value is -1.55. The molecule has 4 heteroatoms. The molecule has 1 unspecified atom stereocenters. The Balaban J connectivity index is 2.15. The van der Waals surface area contributed by atoms with Gasteiger partial charge in [0.05, 0.1) is 11.0 Å². The molecule has 18 heavy (non-hydrogen) atoms. The van der Waals surface area contributed by atoms with Crippen LogP contribution in [0.4, 0.5) is 5.69 Å². The molecule has 1 atom stereocenters. The number of hydrogen-bond acceptors (Lipinski definition) is 3. The number of nitrogens with zero attached hydrogens (tertiary/aromatic N) is 2. The lowest BCUT2D eigenvalue weighted by molar-refractivity contribution is 0.182. The van der Waals surface area contributed by atoms with Crippen molar-refractivity contribution in [3.8, 4) is 0 Å². The molecule has 0 saturated heterocycles. The van der Waals surface area contributed by atoms with Crippen molar-refractivity contribution in [3.63, 3.8) is 0 Å². The molecule has 0 bridgehead atoms. The number of aliphatic hydroxyl groups excluding tert-OH is 1. The van der Waals surface area contributed by atoms with Crippen LogP contribution in [0.2, 0.25) is 0 Å². The van der Waals surface area contributed by atoms with Crippen LogP contribution in [0.3, 0.4) is 0 Å². The van der Waals surface area contributed by atoms with Crippen LogP contribution in [-0.4, -0.2) is 14.7 Å². The molecule has 0 spiro atoms. The van der Waals surface area contributed by atoms with Crippen LogP contribution < -0.4 is 5.73 Å². The second-order valence-electron chi connectivity index (χ2n) is 5.79. The van der Waals surface area contributed by atoms with Gasteiger partial charge >= 0.3 is 0 Å². The lowest BCUT2D eigenvalue weighted by Gasteiger charge is -2.15. The van der Waals surface area contributed by atoms with Crippen molar-refractivity contribution in [2.24, 2.45) is 5.41 Å². The maximum atomic E-state index is 9.88. The van der Waals surface area contributed by atoms with E-state index in [1.54, 1.807) is 6.92 Å². The number of imidazole rings is 1. The number of fused-ring (bicyclic) bond motifs is 1. The number of anilines is 1. The summed E-state index contributed by atoms with van der Waals surface area (Å²) in [5.74, 6) is 0.740. The van der Waals surface area contributed by atoms with Crippen LogP contribution in [-0.2, 0) is 6.54 Å². The molecular formula is C14H19N3O. The first kappa shape index (κ1) is 11.5. The van der Waals surface area contributed by atoms with Gasteiger partial charge in [-0.3, -0.25) is 0 Å². The molecule has 1 saturated carbocycles. The molecule has 1 heterocycles. The molecule has 96 valence electrons. The SMILES string of the molecule is CC(O)c1nc2cc(N)ccc2n1CC1(C)CC1. The fraction of sp³-hybridized carbons (Fsp3) is 0.500. The summed E-state index contributed by atoms with van der Waals surface area (Å²) in [5.41, 5.74) is 8.80. The number of rotatable bonds is 3. The van der Waals surface area contributed by atoms with Gasteiger partial charge in [0.25, 0.3) is 0 Å². The minimum absolute atomic E-state index is 0.374. The van der Waals surface area contributed by atoms with Gasteiger partial charge in [0.2, 0.25) is 0 Å². The Labute approximate surface area is 106 Å². The fourth-order valence-corrected chi connectivity index (χ4v) is 2.40. The van der Waals surface area contributed by atoms with Crippen molar-refractivity contribution < 1.29 is 5.11 Å². The van der Waals surface area contributed by atoms with E-state index < -0.39 is 6.10 Å². The first-order valence-electron chi connectivity index (χ1n) is 6.42. The first-order chi connectivity index (χ1) is 8.48. The predicted octanol–water partition coefficient (Wildman–Crippen LogP) is 2.47. The third-order valence-corrected chi connectivity index (χ3v) is 3.82. The van der Waals surface area contributed by atoms with Crippen molar-refractivity contribution >= 4 is 16.7 Å². The Morgan fingerprint density at radius 3 is 2.83 bits per heavy atom. The number of aliphatic hydroxyl groups is 1. The van der Waals surface area contributed by atoms with Crippen LogP contribution in [0, 0.1) is 5.41 Å². The van der Waals surface area contributed by atoms with E-state index in [9.17, 15) is 5.11 Å². The summed E-state index contributed by atoms with van der Waals surface area (Å²) in [6.07, 6.45) is 1.95. The van der Waals surface area contributed by atoms with Crippen molar-refractivity contribution in [1.29, 1.82) is 0 Å². The smallest absolute Gasteiger partial charge is 0.138 e. The standard InChI is InChI=1S/C14H19N3O/c1-9(18)13-16-11-7-10(15)3-4-12(11)17(13)8-14(2)5-6-14/h3-4,7,9,18H,5-6,8,15H2,1-2H3. The van der Waals surface area contributed by atoms with E-state index in [-0.39, 0.29) is 0 Å². The number of benzene rings is 1. The molecule has 0 radical (unpaired) electrons. The second kappa shape index (κ2) is 3.72. The van der Waals surface area contributed by atoms with Crippen molar-refractivity contribution in [2.45, 2.75) is 39.3 Å². The molecule has 0 aliphatic heterocycles. The minimum Gasteiger partial charge on any atom is -0.399 e. The largest absolute Gasteiger partial charge is 0.399 e. The molecule has 0 amide bonds. The van der Waals surface area contributed by atoms with Gasteiger partial charge in [0.15, 0.2) is 0 Å². The summed E-state index contributed by atoms with van der Waals surface area (Å²) in [5, 5.41) is 9.88. The Kier molecular flexibility index (Phi) is 2.38. The van der Waals surface area contributed by atoms with Crippen LogP contribution in [0.25, 0.3) is 11.0 Å². The summed E-state index contributed by atoms with van der Waals surface area (Å²) >= 11 is 0. The van der Waals surface area contributed by atoms with Gasteiger partial charge in [0, 0.05) is 12.2 Å². The molecule has 1 fully saturated rings. The van der Waals surface area contributed by atoms with E-state index in [1.807, 2.05) is 18.2 Å². The van der Waals surface area contributed by atoms with E-state index in [0.29, 0.717) is 11.1 Å². The van der Waals surface area contributed by atoms with Crippen LogP contribution in [0.5, 0.6) is 0 Å². The van der Waals surface area contributed by atoms with E-state index in [0.717, 1.165) is 23.4 Å². The Morgan fingerprint density at radius 2 is 2.22 bits per heavy atom. The van der Waals surface area contributed by atoms with Crippen molar-refractivity contribution in [2.75, 3.05) is 5.73 Å². The Morgan fingerprint density at radius 1 is 1.50 bits per heavy atom. The van der Waals surface area contributed by atoms with Crippen molar-refractivity contribution in [1.82, 2.24) is 9.55 Å². The zero-order chi connectivity index (χ0) is 12.9. The fourth-order valence-electron chi connectivity index (χ4n) is 2.40. The van der Waals surface area contributed by atoms with E-state index >= 15 is 0 Å². The molecule has 4 nitrogen and oxygen atoms in total. The summed E-state index contributed by atoms with van der Waals surface area (Å²) in [6.45, 7) is 4.96. The predicted molar refractivity (Wildman–Crippen MR) is 72.1 cm³/mol. The zero-order valence-corrected chi connectivity index (χ0v) is 10.8. The summed E-state index contributed by atoms with van der Waals surface area (Å²) in [4.78, 5) is 4.52. The minimum atomic E-state index is -0.555. The summed E-state index contributed by atoms with van der Waals surface area (Å²) in [6, 6.07) is 5.75. The van der Waals surface area contributed by atoms with Gasteiger partial charge in [0.1, 0.15) is 11.9 Å². The van der Waals surface area contributed by atoms with Gasteiger partial charge in [-0.2, -0.15) is 0 Å². The van der Waals surface area contributed by atoms with Crippen molar-refractivity contribution in [3.05, 3.63) is 24.0 Å². The van der Waals surface area contributed by atoms with Gasteiger partial charge in [-0.1, -0.05) is 6.92 Å². The number of nitrogen functional groups attached to an aromatic ring is 1. The highest BCUT2D eigenvalue weighted by atomic mass is 16.3. The number of hydrogen-bond donors (Lipinski definition) is 2. The average molecular weight is 245 g/mol. The first-order valence-corrected chi connectivity index (χ1v) is 6.42. The average Bonchev–Trinajstić information content (AvgIpc) is 2.91. The monoisotopic (exact) mass is 245 g/mol. The molecule has 1 aliphatic rings. The molecule has 3 N–H and O–H groups in total. The number of nitrogens with two attached hydrogens (primary N) is 1. The third-order valence-electron chi connectivity index (χ3n) is 3.82. The van der Waals surface area contributed by atoms with Gasteiger partial charge in [-0.05, 0) is 43.4 Å². The quantitative estimate of drug-likeness (QED) is 0.816. The lowest BCUT2D eigenvalue weighted by Crippen LogP contribution is -2.13. The Bertz CT molecular complexity index is 596. The molecule has 1 aromatic heterocycles. The van der Waals surface area contributed by atoms with Crippen LogP contribution in [0.1, 0.15) is 38.6 Å². The topological polar surface area (TPSA) is 64.1 Å². The molecule has 2 aromatic rings. The summed E-state index contributed by atoms with van der Waals surface area (Å²) in [7, 11) is 0. The molecule has 1 aromatic carbocycles. The number of aromatic nitrogens is 2. The highest BCUT2D eigenvalue weighted by Gasteiger charge is 2.38. The second-order valence-corrected chi connectivity index (χ2v) is 5.79. The van der Waals surface area contributed by atoms with E-state index in [1.165, 1.54) is 12.8 Å². The van der Waals surface area contributed by atoms with Gasteiger partial charge in [-0.15, -0.1) is 0 Å². The van der Waals surface area contributed by atoms with Gasteiger partial charge in [-0.25, -0.2) is 4.98 Å². The van der Waals surface area contributed by atoms with E-state index in [2.05, 4.69) is 16.5 Å². The maximum Gasteiger partial charge on any atom is 0.138 e. The van der Waals surface area contributed by atoms with Crippen LogP contribution in [0.15, 0.2) is 18.2 Å². The molecule has 1 aliphatic carbocycles. The normalized spacial score (nSPS) is 19.1. The highest BCUT2D eigenvalue weighted by Crippen LogP contribution is 2.47. The van der Waals surface area contributed by atoms with E-state index in [4.69, 9.17) is 5.73 Å². The van der Waals surface area contributed by atoms with Gasteiger partial charge < -0.3 is 15.4 Å². The molecular weight excluding hydrogens is 226 g/mol. The van der Waals surface area contributed by atoms with Crippen LogP contribution >= 0.6 is 0 Å².